The third-order valence-electron chi connectivity index (χ3n) is 8.25. The summed E-state index contributed by atoms with van der Waals surface area (Å²) in [5.74, 6) is 7.82. The van der Waals surface area contributed by atoms with E-state index >= 15 is 0 Å². The normalized spacial score (nSPS) is 45.3. The first-order chi connectivity index (χ1) is 10.3. The molecule has 0 nitrogen and oxygen atoms in total. The zero-order valence-electron chi connectivity index (χ0n) is 14.2. The van der Waals surface area contributed by atoms with Crippen LogP contribution < -0.4 is 0 Å². The molecule has 4 saturated carbocycles. The molecule has 6 unspecified atom stereocenters. The fourth-order valence-electron chi connectivity index (χ4n) is 7.06. The molecule has 0 heteroatoms. The van der Waals surface area contributed by atoms with E-state index in [1.54, 1.807) is 64.2 Å². The van der Waals surface area contributed by atoms with Crippen molar-refractivity contribution >= 4 is 0 Å². The zero-order valence-corrected chi connectivity index (χ0v) is 14.2. The van der Waals surface area contributed by atoms with Crippen molar-refractivity contribution in [3.05, 3.63) is 0 Å². The van der Waals surface area contributed by atoms with Gasteiger partial charge in [0.25, 0.3) is 0 Å². The Morgan fingerprint density at radius 1 is 0.714 bits per heavy atom. The Balaban J connectivity index is 1.35. The lowest BCUT2D eigenvalue weighted by Crippen LogP contribution is -2.30. The van der Waals surface area contributed by atoms with Crippen molar-refractivity contribution in [2.24, 2.45) is 41.4 Å². The van der Waals surface area contributed by atoms with E-state index in [0.717, 1.165) is 41.4 Å². The van der Waals surface area contributed by atoms with Gasteiger partial charge in [-0.05, 0) is 73.5 Å². The van der Waals surface area contributed by atoms with Crippen LogP contribution in [-0.4, -0.2) is 0 Å². The molecule has 6 atom stereocenters. The van der Waals surface area contributed by atoms with Crippen LogP contribution in [0.25, 0.3) is 0 Å². The molecule has 120 valence electrons. The number of fused-ring (bicyclic) bond motifs is 2. The summed E-state index contributed by atoms with van der Waals surface area (Å²) in [4.78, 5) is 0. The van der Waals surface area contributed by atoms with Crippen LogP contribution in [-0.2, 0) is 0 Å². The van der Waals surface area contributed by atoms with Crippen LogP contribution in [0, 0.1) is 41.4 Å². The highest BCUT2D eigenvalue weighted by Gasteiger charge is 2.45. The topological polar surface area (TPSA) is 0 Å². The number of hydrogen-bond acceptors (Lipinski definition) is 0. The van der Waals surface area contributed by atoms with E-state index in [1.807, 2.05) is 0 Å². The fraction of sp³-hybridized carbons (Fsp3) is 1.00. The first kappa shape index (κ1) is 14.6. The van der Waals surface area contributed by atoms with E-state index in [1.165, 1.54) is 19.3 Å². The molecule has 0 saturated heterocycles. The van der Waals surface area contributed by atoms with E-state index in [2.05, 4.69) is 6.92 Å². The van der Waals surface area contributed by atoms with E-state index in [4.69, 9.17) is 0 Å². The van der Waals surface area contributed by atoms with Crippen LogP contribution in [0.15, 0.2) is 0 Å². The van der Waals surface area contributed by atoms with Gasteiger partial charge in [-0.2, -0.15) is 0 Å². The molecule has 4 aliphatic rings. The second-order valence-corrected chi connectivity index (χ2v) is 9.29. The van der Waals surface area contributed by atoms with Crippen LogP contribution in [0.4, 0.5) is 0 Å². The molecule has 0 heterocycles. The van der Waals surface area contributed by atoms with Crippen LogP contribution in [0.2, 0.25) is 0 Å². The first-order valence-corrected chi connectivity index (χ1v) is 10.3. The van der Waals surface area contributed by atoms with Crippen molar-refractivity contribution in [2.45, 2.75) is 90.4 Å². The van der Waals surface area contributed by atoms with E-state index in [-0.39, 0.29) is 0 Å². The largest absolute Gasteiger partial charge is 0.0622 e. The fourth-order valence-corrected chi connectivity index (χ4v) is 7.06. The Morgan fingerprint density at radius 3 is 2.29 bits per heavy atom. The Morgan fingerprint density at radius 2 is 1.48 bits per heavy atom. The molecule has 4 rings (SSSR count). The lowest BCUT2D eigenvalue weighted by molar-refractivity contribution is 0.112. The molecule has 0 aromatic carbocycles. The minimum atomic E-state index is 1.02. The maximum absolute atomic E-state index is 2.60. The third-order valence-corrected chi connectivity index (χ3v) is 8.25. The summed E-state index contributed by atoms with van der Waals surface area (Å²) in [6.45, 7) is 2.60. The Labute approximate surface area is 132 Å². The summed E-state index contributed by atoms with van der Waals surface area (Å²) in [5.41, 5.74) is 0. The molecule has 0 radical (unpaired) electrons. The van der Waals surface area contributed by atoms with Gasteiger partial charge in [0.1, 0.15) is 0 Å². The summed E-state index contributed by atoms with van der Waals surface area (Å²) in [7, 11) is 0. The van der Waals surface area contributed by atoms with Crippen LogP contribution >= 0.6 is 0 Å². The number of rotatable bonds is 3. The molecule has 0 aromatic heterocycles. The van der Waals surface area contributed by atoms with Gasteiger partial charge in [-0.25, -0.2) is 0 Å². The number of hydrogen-bond donors (Lipinski definition) is 0. The Kier molecular flexibility index (Phi) is 4.34. The summed E-state index contributed by atoms with van der Waals surface area (Å²) in [6, 6.07) is 0. The smallest absolute Gasteiger partial charge is 0.0354 e. The van der Waals surface area contributed by atoms with Gasteiger partial charge in [0.15, 0.2) is 0 Å². The standard InChI is InChI=1S/C21H36/c1-15(16-6-3-2-4-7-16)12-19-10-11-20-13-17-8-5-9-18(17)14-21(19)20/h15-21H,2-14H2,1H3. The summed E-state index contributed by atoms with van der Waals surface area (Å²) >= 11 is 0. The van der Waals surface area contributed by atoms with Crippen molar-refractivity contribution in [1.82, 2.24) is 0 Å². The van der Waals surface area contributed by atoms with Gasteiger partial charge >= 0.3 is 0 Å². The molecule has 0 bridgehead atoms. The quantitative estimate of drug-likeness (QED) is 0.560. The molecule has 4 fully saturated rings. The highest BCUT2D eigenvalue weighted by molar-refractivity contribution is 4.95. The SMILES string of the molecule is CC(CC1CCC2CC3CCCC3CC12)C1CCCCC1. The summed E-state index contributed by atoms with van der Waals surface area (Å²) in [6.07, 6.45) is 20.4. The van der Waals surface area contributed by atoms with Crippen molar-refractivity contribution < 1.29 is 0 Å². The predicted octanol–water partition coefficient (Wildman–Crippen LogP) is 6.45. The van der Waals surface area contributed by atoms with Gasteiger partial charge < -0.3 is 0 Å². The lowest BCUT2D eigenvalue weighted by Gasteiger charge is -2.38. The van der Waals surface area contributed by atoms with Gasteiger partial charge in [0.2, 0.25) is 0 Å². The molecule has 0 amide bonds. The minimum Gasteiger partial charge on any atom is -0.0622 e. The second-order valence-electron chi connectivity index (χ2n) is 9.29. The third kappa shape index (κ3) is 2.93. The molecule has 0 spiro atoms. The second kappa shape index (κ2) is 6.25. The van der Waals surface area contributed by atoms with Crippen molar-refractivity contribution in [3.63, 3.8) is 0 Å². The highest BCUT2D eigenvalue weighted by atomic mass is 14.5. The maximum atomic E-state index is 2.60. The van der Waals surface area contributed by atoms with Gasteiger partial charge in [-0.3, -0.25) is 0 Å². The Hall–Kier alpha value is 0. The van der Waals surface area contributed by atoms with Crippen LogP contribution in [0.3, 0.4) is 0 Å². The molecule has 0 aliphatic heterocycles. The Bertz CT molecular complexity index is 340. The van der Waals surface area contributed by atoms with Gasteiger partial charge in [0.05, 0.1) is 0 Å². The van der Waals surface area contributed by atoms with Crippen molar-refractivity contribution in [3.8, 4) is 0 Å². The average molecular weight is 289 g/mol. The summed E-state index contributed by atoms with van der Waals surface area (Å²) in [5, 5.41) is 0. The molecule has 0 N–H and O–H groups in total. The molecule has 0 aromatic rings. The van der Waals surface area contributed by atoms with E-state index in [9.17, 15) is 0 Å². The lowest BCUT2D eigenvalue weighted by atomic mass is 9.67. The molecule has 21 heavy (non-hydrogen) atoms. The van der Waals surface area contributed by atoms with Gasteiger partial charge in [-0.1, -0.05) is 58.3 Å². The minimum absolute atomic E-state index is 1.02. The van der Waals surface area contributed by atoms with Crippen LogP contribution in [0.1, 0.15) is 90.4 Å². The first-order valence-electron chi connectivity index (χ1n) is 10.3. The van der Waals surface area contributed by atoms with Gasteiger partial charge in [-0.15, -0.1) is 0 Å². The maximum Gasteiger partial charge on any atom is -0.0354 e. The molecular weight excluding hydrogens is 252 g/mol. The van der Waals surface area contributed by atoms with E-state index in [0.29, 0.717) is 0 Å². The zero-order chi connectivity index (χ0) is 14.2. The average Bonchev–Trinajstić information content (AvgIpc) is 3.13. The highest BCUT2D eigenvalue weighted by Crippen LogP contribution is 2.55. The van der Waals surface area contributed by atoms with Crippen LogP contribution in [0.5, 0.6) is 0 Å². The van der Waals surface area contributed by atoms with Crippen molar-refractivity contribution in [2.75, 3.05) is 0 Å². The summed E-state index contributed by atoms with van der Waals surface area (Å²) < 4.78 is 0. The van der Waals surface area contributed by atoms with Crippen molar-refractivity contribution in [1.29, 1.82) is 0 Å². The molecular formula is C21H36. The predicted molar refractivity (Wildman–Crippen MR) is 90.1 cm³/mol. The van der Waals surface area contributed by atoms with E-state index < -0.39 is 0 Å². The van der Waals surface area contributed by atoms with Gasteiger partial charge in [0, 0.05) is 0 Å². The molecule has 4 aliphatic carbocycles. The monoisotopic (exact) mass is 288 g/mol.